The molecule has 2 aromatic heterocycles. The summed E-state index contributed by atoms with van der Waals surface area (Å²) in [6.07, 6.45) is 5.07. The van der Waals surface area contributed by atoms with E-state index < -0.39 is 6.04 Å². The van der Waals surface area contributed by atoms with Crippen molar-refractivity contribution in [1.82, 2.24) is 20.1 Å². The van der Waals surface area contributed by atoms with Crippen LogP contribution in [0.25, 0.3) is 11.3 Å². The average Bonchev–Trinajstić information content (AvgIpc) is 3.42. The highest BCUT2D eigenvalue weighted by molar-refractivity contribution is 6.00. The van der Waals surface area contributed by atoms with Gasteiger partial charge in [0.2, 0.25) is 0 Å². The number of carbonyl (C=O) groups excluding carboxylic acids is 1. The van der Waals surface area contributed by atoms with Crippen LogP contribution in [0.3, 0.4) is 0 Å². The first kappa shape index (κ1) is 22.2. The van der Waals surface area contributed by atoms with Crippen molar-refractivity contribution < 1.29 is 19.4 Å². The number of aromatic hydroxyl groups is 1. The quantitative estimate of drug-likeness (QED) is 0.370. The van der Waals surface area contributed by atoms with Crippen molar-refractivity contribution >= 4 is 5.91 Å². The number of methoxy groups -OCH3 is 1. The van der Waals surface area contributed by atoms with E-state index in [1.807, 2.05) is 36.4 Å². The van der Waals surface area contributed by atoms with Gasteiger partial charge in [0, 0.05) is 30.1 Å². The zero-order valence-corrected chi connectivity index (χ0v) is 19.1. The van der Waals surface area contributed by atoms with Crippen molar-refractivity contribution in [2.24, 2.45) is 0 Å². The Morgan fingerprint density at radius 3 is 2.69 bits per heavy atom. The smallest absolute Gasteiger partial charge is 0.273 e. The fourth-order valence-corrected chi connectivity index (χ4v) is 4.39. The van der Waals surface area contributed by atoms with Gasteiger partial charge in [0.05, 0.1) is 13.2 Å². The van der Waals surface area contributed by atoms with Gasteiger partial charge in [-0.2, -0.15) is 5.10 Å². The van der Waals surface area contributed by atoms with Gasteiger partial charge in [-0.1, -0.05) is 30.9 Å². The number of para-hydroxylation sites is 1. The molecular formula is C27H24N4O4. The number of ether oxygens (including phenoxy) is 2. The fourth-order valence-electron chi connectivity index (χ4n) is 4.39. The first-order valence-electron chi connectivity index (χ1n) is 11.1. The van der Waals surface area contributed by atoms with Crippen molar-refractivity contribution in [1.29, 1.82) is 0 Å². The van der Waals surface area contributed by atoms with Crippen LogP contribution in [0, 0.1) is 0 Å². The number of fused-ring (bicyclic) bond motifs is 1. The Morgan fingerprint density at radius 1 is 1.14 bits per heavy atom. The first-order valence-corrected chi connectivity index (χ1v) is 11.1. The standard InChI is InChI=1S/C27H24N4O4/c1-3-14-35-21-9-8-18(15-22(21)34-2)26-23-24(19-6-4-5-7-20(19)32)29-30-25(23)27(33)31(26)16-17-10-12-28-13-11-17/h3-13,15,26,32H,1,14,16H2,2H3,(H,29,30). The minimum atomic E-state index is -0.471. The number of benzene rings is 2. The topological polar surface area (TPSA) is 101 Å². The summed E-state index contributed by atoms with van der Waals surface area (Å²) in [5.74, 6) is 1.03. The number of amides is 1. The number of rotatable bonds is 8. The third-order valence-corrected chi connectivity index (χ3v) is 5.99. The Morgan fingerprint density at radius 2 is 1.94 bits per heavy atom. The predicted molar refractivity (Wildman–Crippen MR) is 130 cm³/mol. The molecule has 1 amide bonds. The van der Waals surface area contributed by atoms with Crippen molar-refractivity contribution in [3.05, 3.63) is 102 Å². The molecule has 5 rings (SSSR count). The lowest BCUT2D eigenvalue weighted by Crippen LogP contribution is -2.29. The van der Waals surface area contributed by atoms with Crippen molar-refractivity contribution in [2.75, 3.05) is 13.7 Å². The number of nitrogens with one attached hydrogen (secondary N) is 1. The summed E-state index contributed by atoms with van der Waals surface area (Å²) in [6.45, 7) is 4.40. The minimum Gasteiger partial charge on any atom is -0.507 e. The molecule has 0 saturated carbocycles. The largest absolute Gasteiger partial charge is 0.507 e. The molecule has 0 spiro atoms. The second-order valence-corrected chi connectivity index (χ2v) is 8.08. The van der Waals surface area contributed by atoms with E-state index in [2.05, 4.69) is 21.8 Å². The number of H-pyrrole nitrogens is 1. The number of aromatic amines is 1. The van der Waals surface area contributed by atoms with E-state index in [4.69, 9.17) is 9.47 Å². The number of hydrogen-bond donors (Lipinski definition) is 2. The van der Waals surface area contributed by atoms with Gasteiger partial charge >= 0.3 is 0 Å². The van der Waals surface area contributed by atoms with E-state index in [1.54, 1.807) is 48.7 Å². The molecule has 176 valence electrons. The Kier molecular flexibility index (Phi) is 5.93. The lowest BCUT2D eigenvalue weighted by atomic mass is 9.95. The molecule has 2 aromatic carbocycles. The molecule has 0 aliphatic carbocycles. The maximum atomic E-state index is 13.6. The normalized spacial score (nSPS) is 14.6. The van der Waals surface area contributed by atoms with E-state index in [1.165, 1.54) is 0 Å². The molecule has 1 unspecified atom stereocenters. The Bertz CT molecular complexity index is 1380. The summed E-state index contributed by atoms with van der Waals surface area (Å²) < 4.78 is 11.3. The van der Waals surface area contributed by atoms with Gasteiger partial charge in [-0.15, -0.1) is 0 Å². The minimum absolute atomic E-state index is 0.0892. The SMILES string of the molecule is C=CCOc1ccc(C2c3c(-c4ccccc4O)n[nH]c3C(=O)N2Cc2ccncc2)cc1OC. The van der Waals surface area contributed by atoms with Gasteiger partial charge in [0.25, 0.3) is 5.91 Å². The summed E-state index contributed by atoms with van der Waals surface area (Å²) in [5, 5.41) is 17.9. The van der Waals surface area contributed by atoms with E-state index in [0.29, 0.717) is 47.2 Å². The number of carbonyl (C=O) groups is 1. The molecule has 1 aliphatic heterocycles. The van der Waals surface area contributed by atoms with Crippen LogP contribution in [-0.4, -0.2) is 44.8 Å². The van der Waals surface area contributed by atoms with Crippen LogP contribution < -0.4 is 9.47 Å². The molecule has 4 aromatic rings. The van der Waals surface area contributed by atoms with Gasteiger partial charge < -0.3 is 19.5 Å². The van der Waals surface area contributed by atoms with E-state index in [-0.39, 0.29) is 11.7 Å². The monoisotopic (exact) mass is 468 g/mol. The second kappa shape index (κ2) is 9.34. The van der Waals surface area contributed by atoms with Crippen molar-refractivity contribution in [2.45, 2.75) is 12.6 Å². The number of phenols is 1. The molecule has 2 N–H and O–H groups in total. The lowest BCUT2D eigenvalue weighted by molar-refractivity contribution is 0.0730. The predicted octanol–water partition coefficient (Wildman–Crippen LogP) is 4.50. The Hall–Kier alpha value is -4.59. The van der Waals surface area contributed by atoms with Gasteiger partial charge in [0.1, 0.15) is 23.7 Å². The van der Waals surface area contributed by atoms with Crippen LogP contribution in [0.1, 0.15) is 33.2 Å². The number of hydrogen-bond acceptors (Lipinski definition) is 6. The number of nitrogens with zero attached hydrogens (tertiary/aromatic N) is 3. The van der Waals surface area contributed by atoms with E-state index in [0.717, 1.165) is 11.1 Å². The van der Waals surface area contributed by atoms with Gasteiger partial charge in [0.15, 0.2) is 11.5 Å². The summed E-state index contributed by atoms with van der Waals surface area (Å²) >= 11 is 0. The second-order valence-electron chi connectivity index (χ2n) is 8.08. The molecule has 8 nitrogen and oxygen atoms in total. The molecule has 8 heteroatoms. The zero-order valence-electron chi connectivity index (χ0n) is 19.1. The molecule has 35 heavy (non-hydrogen) atoms. The third-order valence-electron chi connectivity index (χ3n) is 5.99. The Labute approximate surface area is 202 Å². The van der Waals surface area contributed by atoms with E-state index >= 15 is 0 Å². The van der Waals surface area contributed by atoms with Crippen LogP contribution in [0.4, 0.5) is 0 Å². The summed E-state index contributed by atoms with van der Waals surface area (Å²) in [7, 11) is 1.57. The third kappa shape index (κ3) is 3.99. The van der Waals surface area contributed by atoms with Crippen LogP contribution in [-0.2, 0) is 6.54 Å². The highest BCUT2D eigenvalue weighted by Crippen LogP contribution is 2.46. The summed E-state index contributed by atoms with van der Waals surface area (Å²) in [4.78, 5) is 19.4. The number of aromatic nitrogens is 3. The molecule has 0 bridgehead atoms. The molecule has 1 aliphatic rings. The van der Waals surface area contributed by atoms with Crippen LogP contribution in [0.5, 0.6) is 17.2 Å². The van der Waals surface area contributed by atoms with Gasteiger partial charge in [-0.05, 0) is 47.5 Å². The highest BCUT2D eigenvalue weighted by Gasteiger charge is 2.42. The summed E-state index contributed by atoms with van der Waals surface area (Å²) in [6, 6.07) is 15.9. The van der Waals surface area contributed by atoms with Crippen molar-refractivity contribution in [3.63, 3.8) is 0 Å². The molecule has 0 saturated heterocycles. The first-order chi connectivity index (χ1) is 17.1. The van der Waals surface area contributed by atoms with Crippen molar-refractivity contribution in [3.8, 4) is 28.5 Å². The molecule has 1 atom stereocenters. The van der Waals surface area contributed by atoms with Gasteiger partial charge in [-0.25, -0.2) is 0 Å². The number of phenolic OH excluding ortho intramolecular Hbond substituents is 1. The van der Waals surface area contributed by atoms with Crippen LogP contribution >= 0.6 is 0 Å². The summed E-state index contributed by atoms with van der Waals surface area (Å²) in [5.41, 5.74) is 3.94. The molecular weight excluding hydrogens is 444 g/mol. The van der Waals surface area contributed by atoms with Crippen LogP contribution in [0.15, 0.2) is 79.6 Å². The van der Waals surface area contributed by atoms with Gasteiger partial charge in [-0.3, -0.25) is 14.9 Å². The maximum Gasteiger partial charge on any atom is 0.273 e. The average molecular weight is 469 g/mol. The zero-order chi connectivity index (χ0) is 24.4. The van der Waals surface area contributed by atoms with E-state index in [9.17, 15) is 9.90 Å². The molecule has 3 heterocycles. The maximum absolute atomic E-state index is 13.6. The Balaban J connectivity index is 1.65. The molecule has 0 radical (unpaired) electrons. The van der Waals surface area contributed by atoms with Crippen LogP contribution in [0.2, 0.25) is 0 Å². The lowest BCUT2D eigenvalue weighted by Gasteiger charge is -2.27. The highest BCUT2D eigenvalue weighted by atomic mass is 16.5. The molecule has 0 fully saturated rings. The number of pyridine rings is 1. The fraction of sp³-hybridized carbons (Fsp3) is 0.148.